The Balaban J connectivity index is 1.75. The molecule has 4 aliphatic carbocycles. The lowest BCUT2D eigenvalue weighted by atomic mass is 9.29. The van der Waals surface area contributed by atoms with E-state index in [1.807, 2.05) is 13.0 Å². The molecule has 4 aliphatic rings. The lowest BCUT2D eigenvalue weighted by Gasteiger charge is -2.74. The second-order valence-corrected chi connectivity index (χ2v) is 16.9. The Labute approximate surface area is 266 Å². The van der Waals surface area contributed by atoms with Crippen molar-refractivity contribution in [3.05, 3.63) is 34.4 Å². The lowest BCUT2D eigenvalue weighted by Crippen LogP contribution is -2.68. The second-order valence-electron chi connectivity index (χ2n) is 15.6. The average molecular weight is 624 g/mol. The number of carbonyl (C=O) groups is 4. The summed E-state index contributed by atoms with van der Waals surface area (Å²) in [6, 6.07) is 1.88. The molecule has 7 nitrogen and oxygen atoms in total. The molecule has 1 aromatic carbocycles. The summed E-state index contributed by atoms with van der Waals surface area (Å²) in [5.41, 5.74) is 8.62. The van der Waals surface area contributed by atoms with Gasteiger partial charge in [0.05, 0.1) is 5.25 Å². The minimum Gasteiger partial charge on any atom is -0.423 e. The van der Waals surface area contributed by atoms with Crippen LogP contribution in [0.4, 0.5) is 0 Å². The first-order valence-corrected chi connectivity index (χ1v) is 16.8. The molecule has 240 valence electrons. The molecule has 2 N–H and O–H groups in total. The number of primary amides is 1. The number of rotatable bonds is 4. The predicted molar refractivity (Wildman–Crippen MR) is 172 cm³/mol. The van der Waals surface area contributed by atoms with Crippen LogP contribution in [0.3, 0.4) is 0 Å². The van der Waals surface area contributed by atoms with E-state index in [0.29, 0.717) is 5.56 Å². The molecule has 0 bridgehead atoms. The van der Waals surface area contributed by atoms with Gasteiger partial charge < -0.3 is 15.2 Å². The van der Waals surface area contributed by atoms with Crippen LogP contribution in [0.15, 0.2) is 17.7 Å². The maximum absolute atomic E-state index is 12.8. The van der Waals surface area contributed by atoms with E-state index in [4.69, 9.17) is 15.2 Å². The normalized spacial score (nSPS) is 39.0. The zero-order chi connectivity index (χ0) is 32.8. The van der Waals surface area contributed by atoms with Gasteiger partial charge in [0.15, 0.2) is 16.6 Å². The predicted octanol–water partition coefficient (Wildman–Crippen LogP) is 7.65. The molecule has 1 unspecified atom stereocenters. The number of fused-ring (bicyclic) bond motifs is 7. The summed E-state index contributed by atoms with van der Waals surface area (Å²) in [6.45, 7) is 20.2. The highest BCUT2D eigenvalue weighted by molar-refractivity contribution is 8.13. The first-order chi connectivity index (χ1) is 20.2. The van der Waals surface area contributed by atoms with Gasteiger partial charge in [-0.1, -0.05) is 65.0 Å². The number of ether oxygens (including phenoxy) is 2. The quantitative estimate of drug-likeness (QED) is 0.208. The third kappa shape index (κ3) is 4.36. The molecule has 0 radical (unpaired) electrons. The molecule has 1 aromatic rings. The van der Waals surface area contributed by atoms with E-state index < -0.39 is 22.8 Å². The zero-order valence-corrected chi connectivity index (χ0v) is 28.9. The van der Waals surface area contributed by atoms with E-state index in [1.165, 1.54) is 31.2 Å². The van der Waals surface area contributed by atoms with Crippen molar-refractivity contribution in [3.8, 4) is 11.5 Å². The molecule has 0 heterocycles. The second kappa shape index (κ2) is 10.2. The number of hydrogen-bond donors (Lipinski definition) is 1. The van der Waals surface area contributed by atoms with E-state index in [2.05, 4.69) is 47.6 Å². The Bertz CT molecular complexity index is 1520. The van der Waals surface area contributed by atoms with Crippen LogP contribution in [0.2, 0.25) is 0 Å². The Hall–Kier alpha value is -2.61. The molecule has 1 amide bonds. The molecular weight excluding hydrogens is 574 g/mol. The van der Waals surface area contributed by atoms with E-state index in [1.54, 1.807) is 6.92 Å². The summed E-state index contributed by atoms with van der Waals surface area (Å²) in [5.74, 6) is -0.768. The minimum absolute atomic E-state index is 0.00434. The molecule has 7 atom stereocenters. The van der Waals surface area contributed by atoms with Crippen LogP contribution < -0.4 is 15.2 Å². The molecule has 0 aliphatic heterocycles. The largest absolute Gasteiger partial charge is 0.423 e. The maximum Gasteiger partial charge on any atom is 0.308 e. The lowest BCUT2D eigenvalue weighted by molar-refractivity contribution is -0.221. The summed E-state index contributed by atoms with van der Waals surface area (Å²) in [4.78, 5) is 50.0. The molecule has 3 saturated carbocycles. The maximum atomic E-state index is 12.8. The number of allylic oxidation sites excluding steroid dienone is 1. The first kappa shape index (κ1) is 32.8. The smallest absolute Gasteiger partial charge is 0.308 e. The van der Waals surface area contributed by atoms with E-state index in [9.17, 15) is 19.2 Å². The number of nitrogens with two attached hydrogens (primary N) is 1. The number of benzene rings is 1. The van der Waals surface area contributed by atoms with Crippen molar-refractivity contribution in [1.29, 1.82) is 0 Å². The zero-order valence-electron chi connectivity index (χ0n) is 28.1. The molecule has 0 aromatic heterocycles. The van der Waals surface area contributed by atoms with Crippen LogP contribution in [0.5, 0.6) is 11.5 Å². The van der Waals surface area contributed by atoms with E-state index in [-0.39, 0.29) is 49.4 Å². The van der Waals surface area contributed by atoms with Gasteiger partial charge in [-0.15, -0.1) is 0 Å². The Morgan fingerprint density at radius 2 is 1.45 bits per heavy atom. The Kier molecular flexibility index (Phi) is 7.60. The SMILES string of the molecule is CC(=O)Oc1cc2c(c(C)c1OC(C)=O)C(SC(C)=O)C=C1[C@@]2(C)CC[C@@]2(C)[C@]3(C)C[C@](C)(C(N)=O)CC[C@]3(C)CC[C@]12C. The molecule has 0 spiro atoms. The van der Waals surface area contributed by atoms with Crippen molar-refractivity contribution in [2.45, 2.75) is 125 Å². The minimum atomic E-state index is -0.556. The van der Waals surface area contributed by atoms with Crippen LogP contribution in [0.25, 0.3) is 0 Å². The van der Waals surface area contributed by atoms with Gasteiger partial charge in [0.2, 0.25) is 5.91 Å². The van der Waals surface area contributed by atoms with Crippen molar-refractivity contribution < 1.29 is 28.7 Å². The van der Waals surface area contributed by atoms with Crippen molar-refractivity contribution in [2.75, 3.05) is 0 Å². The average Bonchev–Trinajstić information content (AvgIpc) is 2.90. The molecule has 0 saturated heterocycles. The van der Waals surface area contributed by atoms with Crippen molar-refractivity contribution in [2.24, 2.45) is 32.8 Å². The fourth-order valence-electron chi connectivity index (χ4n) is 10.3. The van der Waals surface area contributed by atoms with Gasteiger partial charge in [-0.3, -0.25) is 19.2 Å². The summed E-state index contributed by atoms with van der Waals surface area (Å²) in [7, 11) is 0. The molecule has 44 heavy (non-hydrogen) atoms. The van der Waals surface area contributed by atoms with Crippen LogP contribution in [-0.4, -0.2) is 23.0 Å². The number of hydrogen-bond acceptors (Lipinski definition) is 7. The third-order valence-corrected chi connectivity index (χ3v) is 14.3. The van der Waals surface area contributed by atoms with Gasteiger partial charge in [-0.25, -0.2) is 0 Å². The van der Waals surface area contributed by atoms with Crippen LogP contribution >= 0.6 is 11.8 Å². The monoisotopic (exact) mass is 623 g/mol. The number of amides is 1. The van der Waals surface area contributed by atoms with Crippen molar-refractivity contribution in [1.82, 2.24) is 0 Å². The highest BCUT2D eigenvalue weighted by atomic mass is 32.2. The summed E-state index contributed by atoms with van der Waals surface area (Å²) >= 11 is 1.27. The highest BCUT2D eigenvalue weighted by Crippen LogP contribution is 2.79. The van der Waals surface area contributed by atoms with Gasteiger partial charge >= 0.3 is 11.9 Å². The number of carbonyl (C=O) groups excluding carboxylic acids is 4. The standard InChI is InChI=1S/C36H49NO6S/c1-20-28-24(17-25(42-21(2)38)29(20)43-22(3)39)33(7)14-16-35(9)34(8,27(33)18-26(28)44-23(4)40)15-13-32(6)12-11-31(5,30(37)41)19-36(32,35)10/h17-18,26H,11-16,19H2,1-10H3,(H2,37,41)/t26?,31-,32-,33+,34-,35-,36-/m1/s1. The van der Waals surface area contributed by atoms with Gasteiger partial charge in [0, 0.05) is 37.2 Å². The van der Waals surface area contributed by atoms with E-state index >= 15 is 0 Å². The van der Waals surface area contributed by atoms with Crippen molar-refractivity contribution >= 4 is 34.7 Å². The molecule has 3 fully saturated rings. The molecular formula is C36H49NO6S. The van der Waals surface area contributed by atoms with Crippen LogP contribution in [-0.2, 0) is 24.6 Å². The highest BCUT2D eigenvalue weighted by Gasteiger charge is 2.72. The van der Waals surface area contributed by atoms with Gasteiger partial charge in [-0.05, 0) is 90.7 Å². The fourth-order valence-corrected chi connectivity index (χ4v) is 11.3. The van der Waals surface area contributed by atoms with Gasteiger partial charge in [-0.2, -0.15) is 0 Å². The van der Waals surface area contributed by atoms with Crippen LogP contribution in [0, 0.1) is 34.0 Å². The van der Waals surface area contributed by atoms with Gasteiger partial charge in [0.1, 0.15) is 0 Å². The number of esters is 2. The van der Waals surface area contributed by atoms with Gasteiger partial charge in [0.25, 0.3) is 0 Å². The summed E-state index contributed by atoms with van der Waals surface area (Å²) in [6.07, 6.45) is 8.69. The Morgan fingerprint density at radius 1 is 0.841 bits per heavy atom. The molecule has 8 heteroatoms. The van der Waals surface area contributed by atoms with E-state index in [0.717, 1.165) is 56.1 Å². The summed E-state index contributed by atoms with van der Waals surface area (Å²) < 4.78 is 11.3. The topological polar surface area (TPSA) is 113 Å². The Morgan fingerprint density at radius 3 is 2.02 bits per heavy atom. The van der Waals surface area contributed by atoms with Crippen LogP contribution in [0.1, 0.15) is 129 Å². The molecule has 5 rings (SSSR count). The fraction of sp³-hybridized carbons (Fsp3) is 0.667. The third-order valence-electron chi connectivity index (χ3n) is 13.3. The van der Waals surface area contributed by atoms with Crippen molar-refractivity contribution in [3.63, 3.8) is 0 Å². The summed E-state index contributed by atoms with van der Waals surface area (Å²) in [5, 5.41) is -0.302. The number of thioether (sulfide) groups is 1. The first-order valence-electron chi connectivity index (χ1n) is 15.9.